The van der Waals surface area contributed by atoms with Gasteiger partial charge in [-0.05, 0) is 6.42 Å². The molecule has 17 heavy (non-hydrogen) atoms. The standard InChI is InChI=1S/C11H13N3O3/c1-14-6-12-5-9(14)10(15)13-8-3-2-7(4-8)11(16)17/h2-3,5-8H,4H2,1H3,(H,13,15)(H,16,17). The molecular weight excluding hydrogens is 222 g/mol. The molecule has 0 aliphatic heterocycles. The van der Waals surface area contributed by atoms with Crippen molar-refractivity contribution < 1.29 is 14.7 Å². The van der Waals surface area contributed by atoms with Crippen LogP contribution >= 0.6 is 0 Å². The summed E-state index contributed by atoms with van der Waals surface area (Å²) in [5.41, 5.74) is 0.456. The van der Waals surface area contributed by atoms with Gasteiger partial charge in [-0.1, -0.05) is 12.2 Å². The number of carbonyl (C=O) groups is 2. The first-order chi connectivity index (χ1) is 8.08. The van der Waals surface area contributed by atoms with E-state index in [2.05, 4.69) is 10.3 Å². The van der Waals surface area contributed by atoms with Gasteiger partial charge in [0.2, 0.25) is 0 Å². The number of nitrogens with zero attached hydrogens (tertiary/aromatic N) is 2. The summed E-state index contributed by atoms with van der Waals surface area (Å²) in [6.07, 6.45) is 6.74. The van der Waals surface area contributed by atoms with Crippen LogP contribution in [0, 0.1) is 5.92 Å². The van der Waals surface area contributed by atoms with Gasteiger partial charge >= 0.3 is 5.97 Å². The van der Waals surface area contributed by atoms with Crippen LogP contribution in [0.2, 0.25) is 0 Å². The molecule has 90 valence electrons. The van der Waals surface area contributed by atoms with Crippen molar-refractivity contribution >= 4 is 11.9 Å². The molecule has 1 amide bonds. The molecule has 2 rings (SSSR count). The third-order valence-corrected chi connectivity index (χ3v) is 2.77. The van der Waals surface area contributed by atoms with Crippen LogP contribution in [-0.2, 0) is 11.8 Å². The number of hydrogen-bond acceptors (Lipinski definition) is 3. The Morgan fingerprint density at radius 1 is 1.53 bits per heavy atom. The van der Waals surface area contributed by atoms with E-state index in [9.17, 15) is 9.59 Å². The van der Waals surface area contributed by atoms with Gasteiger partial charge in [0.15, 0.2) is 0 Å². The Morgan fingerprint density at radius 3 is 2.82 bits per heavy atom. The molecule has 1 heterocycles. The molecule has 0 saturated carbocycles. The topological polar surface area (TPSA) is 84.2 Å². The molecular formula is C11H13N3O3. The van der Waals surface area contributed by atoms with Gasteiger partial charge in [0.1, 0.15) is 5.69 Å². The van der Waals surface area contributed by atoms with Crippen molar-refractivity contribution in [3.05, 3.63) is 30.4 Å². The van der Waals surface area contributed by atoms with E-state index in [4.69, 9.17) is 5.11 Å². The zero-order valence-electron chi connectivity index (χ0n) is 9.33. The first-order valence-electron chi connectivity index (χ1n) is 5.26. The van der Waals surface area contributed by atoms with Crippen molar-refractivity contribution in [1.82, 2.24) is 14.9 Å². The molecule has 1 aliphatic rings. The number of carbonyl (C=O) groups excluding carboxylic acids is 1. The third kappa shape index (κ3) is 2.35. The Labute approximate surface area is 98.0 Å². The summed E-state index contributed by atoms with van der Waals surface area (Å²) in [6.45, 7) is 0. The van der Waals surface area contributed by atoms with Crippen molar-refractivity contribution in [1.29, 1.82) is 0 Å². The quantitative estimate of drug-likeness (QED) is 0.732. The summed E-state index contributed by atoms with van der Waals surface area (Å²) in [5.74, 6) is -1.61. The predicted molar refractivity (Wildman–Crippen MR) is 59.3 cm³/mol. The van der Waals surface area contributed by atoms with Gasteiger partial charge < -0.3 is 15.0 Å². The zero-order chi connectivity index (χ0) is 12.4. The monoisotopic (exact) mass is 235 g/mol. The lowest BCUT2D eigenvalue weighted by molar-refractivity contribution is -0.140. The Balaban J connectivity index is 1.96. The molecule has 0 fully saturated rings. The van der Waals surface area contributed by atoms with Gasteiger partial charge in [0.25, 0.3) is 5.91 Å². The second-order valence-electron chi connectivity index (χ2n) is 4.04. The van der Waals surface area contributed by atoms with Gasteiger partial charge in [0.05, 0.1) is 18.4 Å². The van der Waals surface area contributed by atoms with Crippen molar-refractivity contribution in [2.24, 2.45) is 13.0 Å². The number of carboxylic acids is 1. The second kappa shape index (κ2) is 4.40. The van der Waals surface area contributed by atoms with E-state index in [0.717, 1.165) is 0 Å². The average molecular weight is 235 g/mol. The summed E-state index contributed by atoms with van der Waals surface area (Å²) < 4.78 is 1.61. The highest BCUT2D eigenvalue weighted by molar-refractivity contribution is 5.92. The smallest absolute Gasteiger partial charge is 0.310 e. The number of aliphatic carboxylic acids is 1. The van der Waals surface area contributed by atoms with E-state index < -0.39 is 11.9 Å². The normalized spacial score (nSPS) is 22.6. The van der Waals surface area contributed by atoms with Crippen molar-refractivity contribution in [2.75, 3.05) is 0 Å². The number of aryl methyl sites for hydroxylation is 1. The largest absolute Gasteiger partial charge is 0.481 e. The number of nitrogens with one attached hydrogen (secondary N) is 1. The number of rotatable bonds is 3. The maximum absolute atomic E-state index is 11.8. The minimum Gasteiger partial charge on any atom is -0.481 e. The van der Waals surface area contributed by atoms with Gasteiger partial charge in [0, 0.05) is 13.1 Å². The van der Waals surface area contributed by atoms with Gasteiger partial charge in [-0.2, -0.15) is 0 Å². The molecule has 0 bridgehead atoms. The Bertz CT molecular complexity index is 478. The molecule has 0 aromatic carbocycles. The van der Waals surface area contributed by atoms with Gasteiger partial charge in [-0.25, -0.2) is 4.98 Å². The summed E-state index contributed by atoms with van der Waals surface area (Å²) in [5, 5.41) is 11.6. The number of carboxylic acid groups (broad SMARTS) is 1. The van der Waals surface area contributed by atoms with E-state index in [1.807, 2.05) is 0 Å². The summed E-state index contributed by atoms with van der Waals surface area (Å²) >= 11 is 0. The van der Waals surface area contributed by atoms with Crippen LogP contribution in [0.1, 0.15) is 16.9 Å². The molecule has 6 heteroatoms. The Hall–Kier alpha value is -2.11. The summed E-state index contributed by atoms with van der Waals surface area (Å²) in [4.78, 5) is 26.4. The Morgan fingerprint density at radius 2 is 2.29 bits per heavy atom. The minimum absolute atomic E-state index is 0.224. The molecule has 2 atom stereocenters. The van der Waals surface area contributed by atoms with E-state index in [0.29, 0.717) is 12.1 Å². The van der Waals surface area contributed by atoms with Crippen LogP contribution in [0.5, 0.6) is 0 Å². The maximum Gasteiger partial charge on any atom is 0.310 e. The highest BCUT2D eigenvalue weighted by atomic mass is 16.4. The van der Waals surface area contributed by atoms with E-state index in [1.165, 1.54) is 6.20 Å². The van der Waals surface area contributed by atoms with E-state index in [1.54, 1.807) is 30.1 Å². The highest BCUT2D eigenvalue weighted by Crippen LogP contribution is 2.18. The average Bonchev–Trinajstić information content (AvgIpc) is 2.86. The summed E-state index contributed by atoms with van der Waals surface area (Å²) in [6, 6.07) is -0.224. The maximum atomic E-state index is 11.8. The lowest BCUT2D eigenvalue weighted by Gasteiger charge is -2.12. The highest BCUT2D eigenvalue weighted by Gasteiger charge is 2.26. The number of imidazole rings is 1. The van der Waals surface area contributed by atoms with Gasteiger partial charge in [-0.15, -0.1) is 0 Å². The number of aromatic nitrogens is 2. The first-order valence-corrected chi connectivity index (χ1v) is 5.26. The van der Waals surface area contributed by atoms with E-state index in [-0.39, 0.29) is 11.9 Å². The van der Waals surface area contributed by atoms with Gasteiger partial charge in [-0.3, -0.25) is 9.59 Å². The van der Waals surface area contributed by atoms with E-state index >= 15 is 0 Å². The number of hydrogen-bond donors (Lipinski definition) is 2. The summed E-state index contributed by atoms with van der Waals surface area (Å²) in [7, 11) is 1.73. The fourth-order valence-electron chi connectivity index (χ4n) is 1.81. The molecule has 1 aliphatic carbocycles. The molecule has 1 aromatic heterocycles. The van der Waals surface area contributed by atoms with Crippen molar-refractivity contribution in [3.63, 3.8) is 0 Å². The van der Waals surface area contributed by atoms with Crippen LogP contribution in [0.3, 0.4) is 0 Å². The molecule has 2 unspecified atom stereocenters. The first kappa shape index (κ1) is 11.4. The van der Waals surface area contributed by atoms with Crippen LogP contribution in [0.4, 0.5) is 0 Å². The predicted octanol–water partition coefficient (Wildman–Crippen LogP) is 0.179. The lowest BCUT2D eigenvalue weighted by Crippen LogP contribution is -2.34. The molecule has 2 N–H and O–H groups in total. The third-order valence-electron chi connectivity index (χ3n) is 2.77. The molecule has 0 radical (unpaired) electrons. The molecule has 0 spiro atoms. The van der Waals surface area contributed by atoms with Crippen LogP contribution < -0.4 is 5.32 Å². The fraction of sp³-hybridized carbons (Fsp3) is 0.364. The molecule has 6 nitrogen and oxygen atoms in total. The van der Waals surface area contributed by atoms with Crippen LogP contribution in [0.25, 0.3) is 0 Å². The fourth-order valence-corrected chi connectivity index (χ4v) is 1.81. The van der Waals surface area contributed by atoms with Crippen LogP contribution in [-0.4, -0.2) is 32.6 Å². The lowest BCUT2D eigenvalue weighted by atomic mass is 10.1. The number of amides is 1. The minimum atomic E-state index is -0.862. The SMILES string of the molecule is Cn1cncc1C(=O)NC1C=CC(C(=O)O)C1. The van der Waals surface area contributed by atoms with Crippen molar-refractivity contribution in [3.8, 4) is 0 Å². The Kier molecular flexibility index (Phi) is 2.95. The second-order valence-corrected chi connectivity index (χ2v) is 4.04. The van der Waals surface area contributed by atoms with Crippen molar-refractivity contribution in [2.45, 2.75) is 12.5 Å². The molecule has 0 saturated heterocycles. The zero-order valence-corrected chi connectivity index (χ0v) is 9.33. The molecule has 1 aromatic rings. The van der Waals surface area contributed by atoms with Crippen LogP contribution in [0.15, 0.2) is 24.7 Å².